The fourth-order valence-corrected chi connectivity index (χ4v) is 4.17. The van der Waals surface area contributed by atoms with E-state index in [4.69, 9.17) is 11.6 Å². The van der Waals surface area contributed by atoms with Gasteiger partial charge in [0, 0.05) is 22.0 Å². The first-order valence-corrected chi connectivity index (χ1v) is 11.6. The molecule has 0 aliphatic rings. The molecule has 1 N–H and O–H groups in total. The van der Waals surface area contributed by atoms with E-state index in [0.717, 1.165) is 28.1 Å². The average molecular weight is 463 g/mol. The van der Waals surface area contributed by atoms with E-state index < -0.39 is 0 Å². The van der Waals surface area contributed by atoms with Crippen LogP contribution in [0.4, 0.5) is 5.69 Å². The van der Waals surface area contributed by atoms with E-state index in [-0.39, 0.29) is 11.7 Å². The summed E-state index contributed by atoms with van der Waals surface area (Å²) in [4.78, 5) is 12.6. The molecule has 1 heterocycles. The van der Waals surface area contributed by atoms with Crippen molar-refractivity contribution in [3.8, 4) is 17.1 Å². The molecule has 0 aliphatic heterocycles. The Morgan fingerprint density at radius 3 is 2.47 bits per heavy atom. The summed E-state index contributed by atoms with van der Waals surface area (Å²) < 4.78 is 1.98. The molecule has 4 rings (SSSR count). The van der Waals surface area contributed by atoms with Crippen molar-refractivity contribution in [3.05, 3.63) is 88.4 Å². The molecule has 0 unspecified atom stereocenters. The van der Waals surface area contributed by atoms with Gasteiger partial charge < -0.3 is 5.32 Å². The highest BCUT2D eigenvalue weighted by atomic mass is 35.5. The van der Waals surface area contributed by atoms with Crippen LogP contribution in [0.15, 0.2) is 71.9 Å². The molecule has 0 saturated carbocycles. The number of benzene rings is 3. The normalized spacial score (nSPS) is 10.9. The zero-order chi connectivity index (χ0) is 22.7. The second-order valence-electron chi connectivity index (χ2n) is 7.62. The van der Waals surface area contributed by atoms with Crippen LogP contribution in [0.3, 0.4) is 0 Å². The van der Waals surface area contributed by atoms with Gasteiger partial charge in [-0.15, -0.1) is 10.2 Å². The molecular weight excluding hydrogens is 440 g/mol. The quantitative estimate of drug-likeness (QED) is 0.344. The lowest BCUT2D eigenvalue weighted by atomic mass is 10.1. The summed E-state index contributed by atoms with van der Waals surface area (Å²) in [6.07, 6.45) is 0. The van der Waals surface area contributed by atoms with Crippen LogP contribution in [0.1, 0.15) is 16.7 Å². The first-order chi connectivity index (χ1) is 15.4. The van der Waals surface area contributed by atoms with Crippen molar-refractivity contribution in [1.29, 1.82) is 0 Å². The minimum Gasteiger partial charge on any atom is -0.325 e. The zero-order valence-electron chi connectivity index (χ0n) is 18.1. The molecule has 0 atom stereocenters. The zero-order valence-corrected chi connectivity index (χ0v) is 19.7. The molecule has 162 valence electrons. The molecule has 7 heteroatoms. The fourth-order valence-electron chi connectivity index (χ4n) is 3.30. The van der Waals surface area contributed by atoms with E-state index in [9.17, 15) is 4.79 Å². The Balaban J connectivity index is 1.60. The van der Waals surface area contributed by atoms with Crippen molar-refractivity contribution in [1.82, 2.24) is 14.8 Å². The molecular formula is C25H23ClN4OS. The second-order valence-corrected chi connectivity index (χ2v) is 9.00. The highest BCUT2D eigenvalue weighted by molar-refractivity contribution is 7.99. The van der Waals surface area contributed by atoms with Gasteiger partial charge in [0.25, 0.3) is 0 Å². The molecule has 32 heavy (non-hydrogen) atoms. The smallest absolute Gasteiger partial charge is 0.234 e. The molecule has 0 aliphatic carbocycles. The van der Waals surface area contributed by atoms with Crippen LogP contribution < -0.4 is 5.32 Å². The van der Waals surface area contributed by atoms with Crippen LogP contribution in [0.2, 0.25) is 5.02 Å². The molecule has 4 aromatic rings. The van der Waals surface area contributed by atoms with E-state index in [1.807, 2.05) is 86.0 Å². The minimum absolute atomic E-state index is 0.0925. The van der Waals surface area contributed by atoms with Crippen molar-refractivity contribution in [2.45, 2.75) is 25.9 Å². The minimum atomic E-state index is -0.0925. The number of anilines is 1. The van der Waals surface area contributed by atoms with E-state index in [0.29, 0.717) is 16.0 Å². The van der Waals surface area contributed by atoms with Crippen LogP contribution in [-0.4, -0.2) is 26.4 Å². The van der Waals surface area contributed by atoms with Crippen LogP contribution in [0, 0.1) is 20.8 Å². The van der Waals surface area contributed by atoms with Crippen molar-refractivity contribution in [3.63, 3.8) is 0 Å². The number of carbonyl (C=O) groups excluding carboxylic acids is 1. The SMILES string of the molecule is Cc1cccc(-n2c(SCC(=O)Nc3ccc(C)c(C)c3)nnc2-c2ccc(Cl)cc2)c1. The van der Waals surface area contributed by atoms with Crippen LogP contribution in [0.5, 0.6) is 0 Å². The maximum atomic E-state index is 12.6. The number of nitrogens with one attached hydrogen (secondary N) is 1. The molecule has 0 radical (unpaired) electrons. The van der Waals surface area contributed by atoms with Crippen LogP contribution in [0.25, 0.3) is 17.1 Å². The van der Waals surface area contributed by atoms with Gasteiger partial charge in [-0.25, -0.2) is 0 Å². The first kappa shape index (κ1) is 22.1. The van der Waals surface area contributed by atoms with E-state index in [1.54, 1.807) is 0 Å². The number of aryl methyl sites for hydroxylation is 3. The number of hydrogen-bond acceptors (Lipinski definition) is 4. The van der Waals surface area contributed by atoms with E-state index in [2.05, 4.69) is 21.6 Å². The first-order valence-electron chi connectivity index (χ1n) is 10.2. The Bertz CT molecular complexity index is 1270. The highest BCUT2D eigenvalue weighted by Crippen LogP contribution is 2.29. The lowest BCUT2D eigenvalue weighted by Gasteiger charge is -2.11. The standard InChI is InChI=1S/C25H23ClN4OS/c1-16-5-4-6-22(13-16)30-24(19-8-10-20(26)11-9-19)28-29-25(30)32-15-23(31)27-21-12-7-17(2)18(3)14-21/h4-14H,15H2,1-3H3,(H,27,31). The molecule has 0 saturated heterocycles. The largest absolute Gasteiger partial charge is 0.325 e. The van der Waals surface area contributed by atoms with Gasteiger partial charge >= 0.3 is 0 Å². The lowest BCUT2D eigenvalue weighted by molar-refractivity contribution is -0.113. The van der Waals surface area contributed by atoms with Gasteiger partial charge in [-0.05, 0) is 86.0 Å². The van der Waals surface area contributed by atoms with Gasteiger partial charge in [0.1, 0.15) is 0 Å². The van der Waals surface area contributed by atoms with Gasteiger partial charge in [0.2, 0.25) is 5.91 Å². The molecule has 0 bridgehead atoms. The number of hydrogen-bond donors (Lipinski definition) is 1. The van der Waals surface area contributed by atoms with Gasteiger partial charge in [-0.1, -0.05) is 41.6 Å². The van der Waals surface area contributed by atoms with E-state index in [1.165, 1.54) is 17.3 Å². The molecule has 0 fully saturated rings. The Morgan fingerprint density at radius 1 is 0.969 bits per heavy atom. The predicted molar refractivity (Wildman–Crippen MR) is 132 cm³/mol. The Kier molecular flexibility index (Phi) is 6.63. The maximum absolute atomic E-state index is 12.6. The number of carbonyl (C=O) groups is 1. The second kappa shape index (κ2) is 9.59. The Hall–Kier alpha value is -3.09. The number of rotatable bonds is 6. The monoisotopic (exact) mass is 462 g/mol. The molecule has 1 amide bonds. The topological polar surface area (TPSA) is 59.8 Å². The number of amides is 1. The molecule has 1 aromatic heterocycles. The third kappa shape index (κ3) is 5.03. The average Bonchev–Trinajstić information content (AvgIpc) is 3.19. The predicted octanol–water partition coefficient (Wildman–Crippen LogP) is 6.24. The summed E-state index contributed by atoms with van der Waals surface area (Å²) in [6, 6.07) is 21.5. The van der Waals surface area contributed by atoms with Crippen molar-refractivity contribution >= 4 is 35.0 Å². The van der Waals surface area contributed by atoms with Gasteiger partial charge in [-0.2, -0.15) is 0 Å². The number of aromatic nitrogens is 3. The van der Waals surface area contributed by atoms with Crippen LogP contribution >= 0.6 is 23.4 Å². The van der Waals surface area contributed by atoms with Gasteiger partial charge in [-0.3, -0.25) is 9.36 Å². The summed E-state index contributed by atoms with van der Waals surface area (Å²) in [5.74, 6) is 0.826. The Morgan fingerprint density at radius 2 is 1.75 bits per heavy atom. The number of halogens is 1. The van der Waals surface area contributed by atoms with Gasteiger partial charge in [0.15, 0.2) is 11.0 Å². The summed E-state index contributed by atoms with van der Waals surface area (Å²) in [5.41, 5.74) is 6.09. The van der Waals surface area contributed by atoms with Gasteiger partial charge in [0.05, 0.1) is 5.75 Å². The number of nitrogens with zero attached hydrogens (tertiary/aromatic N) is 3. The summed E-state index contributed by atoms with van der Waals surface area (Å²) in [5, 5.41) is 13.1. The Labute approximate surface area is 196 Å². The molecule has 0 spiro atoms. The summed E-state index contributed by atoms with van der Waals surface area (Å²) in [7, 11) is 0. The van der Waals surface area contributed by atoms with Crippen LogP contribution in [-0.2, 0) is 4.79 Å². The summed E-state index contributed by atoms with van der Waals surface area (Å²) in [6.45, 7) is 6.12. The van der Waals surface area contributed by atoms with E-state index >= 15 is 0 Å². The highest BCUT2D eigenvalue weighted by Gasteiger charge is 2.17. The van der Waals surface area contributed by atoms with Crippen molar-refractivity contribution in [2.24, 2.45) is 0 Å². The van der Waals surface area contributed by atoms with Crippen molar-refractivity contribution in [2.75, 3.05) is 11.1 Å². The van der Waals surface area contributed by atoms with Crippen molar-refractivity contribution < 1.29 is 4.79 Å². The number of thioether (sulfide) groups is 1. The summed E-state index contributed by atoms with van der Waals surface area (Å²) >= 11 is 7.41. The maximum Gasteiger partial charge on any atom is 0.234 e. The third-order valence-corrected chi connectivity index (χ3v) is 6.30. The molecule has 3 aromatic carbocycles. The fraction of sp³-hybridized carbons (Fsp3) is 0.160. The lowest BCUT2D eigenvalue weighted by Crippen LogP contribution is -2.14. The third-order valence-electron chi connectivity index (χ3n) is 5.12. The molecule has 5 nitrogen and oxygen atoms in total.